The molecule has 8 nitrogen and oxygen atoms in total. The number of carbonyl (C=O) groups is 3. The van der Waals surface area contributed by atoms with Crippen LogP contribution in [-0.2, 0) is 14.4 Å². The summed E-state index contributed by atoms with van der Waals surface area (Å²) in [5, 5.41) is 16.0. The van der Waals surface area contributed by atoms with E-state index in [1.54, 1.807) is 28.8 Å². The molecule has 3 N–H and O–H groups in total. The highest BCUT2D eigenvalue weighted by Crippen LogP contribution is 2.68. The van der Waals surface area contributed by atoms with E-state index >= 15 is 0 Å². The van der Waals surface area contributed by atoms with Crippen molar-refractivity contribution in [2.45, 2.75) is 74.5 Å². The van der Waals surface area contributed by atoms with Gasteiger partial charge in [0, 0.05) is 23.5 Å². The Balaban J connectivity index is 1.40. The van der Waals surface area contributed by atoms with E-state index in [4.69, 9.17) is 4.74 Å². The fourth-order valence-electron chi connectivity index (χ4n) is 7.02. The third-order valence-electron chi connectivity index (χ3n) is 8.52. The number of thioether (sulfide) groups is 1. The number of amides is 3. The zero-order valence-corrected chi connectivity index (χ0v) is 21.9. The molecule has 1 spiro atoms. The highest BCUT2D eigenvalue weighted by Gasteiger charge is 2.75. The SMILES string of the molecule is CCOc1ccc(NC(=O)[C@@H]2[C@@H]3CC(C)C4(S3)C(C(=O)NC3CCCCC3)N(CCO)C(=O)[C@H]24)cc1. The van der Waals surface area contributed by atoms with Crippen molar-refractivity contribution in [1.82, 2.24) is 10.2 Å². The van der Waals surface area contributed by atoms with E-state index in [1.807, 2.05) is 19.1 Å². The van der Waals surface area contributed by atoms with Gasteiger partial charge in [0.05, 0.1) is 29.8 Å². The van der Waals surface area contributed by atoms with E-state index in [-0.39, 0.29) is 48.1 Å². The summed E-state index contributed by atoms with van der Waals surface area (Å²) in [7, 11) is 0. The summed E-state index contributed by atoms with van der Waals surface area (Å²) in [5.41, 5.74) is 0.655. The second-order valence-electron chi connectivity index (χ2n) is 10.6. The number of rotatable bonds is 8. The number of aliphatic hydroxyl groups is 1. The lowest BCUT2D eigenvalue weighted by Gasteiger charge is -2.39. The molecule has 0 radical (unpaired) electrons. The lowest BCUT2D eigenvalue weighted by atomic mass is 9.65. The van der Waals surface area contributed by atoms with E-state index in [2.05, 4.69) is 17.6 Å². The summed E-state index contributed by atoms with van der Waals surface area (Å²) >= 11 is 1.66. The van der Waals surface area contributed by atoms with Gasteiger partial charge in [0.2, 0.25) is 17.7 Å². The number of carbonyl (C=O) groups excluding carboxylic acids is 3. The highest BCUT2D eigenvalue weighted by atomic mass is 32.2. The van der Waals surface area contributed by atoms with Crippen LogP contribution in [0.3, 0.4) is 0 Å². The molecule has 9 heteroatoms. The van der Waals surface area contributed by atoms with Crippen LogP contribution >= 0.6 is 11.8 Å². The first-order valence-corrected chi connectivity index (χ1v) is 14.2. The first-order chi connectivity index (χ1) is 17.4. The molecular formula is C27H37N3O5S. The molecule has 36 heavy (non-hydrogen) atoms. The molecule has 6 atom stereocenters. The van der Waals surface area contributed by atoms with E-state index in [1.165, 1.54) is 6.42 Å². The predicted octanol–water partition coefficient (Wildman–Crippen LogP) is 2.80. The number of aliphatic hydroxyl groups excluding tert-OH is 1. The van der Waals surface area contributed by atoms with Gasteiger partial charge in [-0.2, -0.15) is 0 Å². The van der Waals surface area contributed by atoms with Gasteiger partial charge in [-0.1, -0.05) is 26.2 Å². The van der Waals surface area contributed by atoms with Crippen LogP contribution in [0.1, 0.15) is 52.4 Å². The molecular weight excluding hydrogens is 478 g/mol. The van der Waals surface area contributed by atoms with Gasteiger partial charge in [0.25, 0.3) is 0 Å². The lowest BCUT2D eigenvalue weighted by Crippen LogP contribution is -2.58. The van der Waals surface area contributed by atoms with E-state index in [0.717, 1.165) is 37.9 Å². The number of nitrogens with one attached hydrogen (secondary N) is 2. The van der Waals surface area contributed by atoms with Crippen LogP contribution in [0.4, 0.5) is 5.69 Å². The summed E-state index contributed by atoms with van der Waals surface area (Å²) in [5.74, 6) is -0.731. The molecule has 0 aromatic heterocycles. The topological polar surface area (TPSA) is 108 Å². The molecule has 1 aliphatic carbocycles. The van der Waals surface area contributed by atoms with E-state index < -0.39 is 22.6 Å². The third kappa shape index (κ3) is 4.18. The molecule has 5 rings (SSSR count). The third-order valence-corrected chi connectivity index (χ3v) is 10.6. The molecule has 3 saturated heterocycles. The first kappa shape index (κ1) is 25.4. The predicted molar refractivity (Wildman–Crippen MR) is 139 cm³/mol. The Morgan fingerprint density at radius 2 is 1.89 bits per heavy atom. The standard InChI is InChI=1S/C27H37N3O5S/c1-3-35-19-11-9-18(10-12-19)28-24(32)21-20-15-16(2)27(36-20)22(21)26(34)30(13-14-31)23(27)25(33)29-17-7-5-4-6-8-17/h9-12,16-17,20-23,31H,3-8,13-15H2,1-2H3,(H,28,32)(H,29,33)/t16?,20-,21+,22-,23?,27?/m0/s1. The molecule has 2 bridgehead atoms. The average Bonchev–Trinajstić information content (AvgIpc) is 3.45. The number of fused-ring (bicyclic) bond motifs is 1. The maximum atomic E-state index is 13.8. The molecule has 1 saturated carbocycles. The minimum absolute atomic E-state index is 0.0158. The molecule has 3 aliphatic heterocycles. The first-order valence-electron chi connectivity index (χ1n) is 13.3. The van der Waals surface area contributed by atoms with Crippen LogP contribution in [0.2, 0.25) is 0 Å². The quantitative estimate of drug-likeness (QED) is 0.492. The smallest absolute Gasteiger partial charge is 0.244 e. The van der Waals surface area contributed by atoms with Gasteiger partial charge in [-0.15, -0.1) is 11.8 Å². The second kappa shape index (κ2) is 10.2. The fraction of sp³-hybridized carbons (Fsp3) is 0.667. The summed E-state index contributed by atoms with van der Waals surface area (Å²) in [6.45, 7) is 4.48. The summed E-state index contributed by atoms with van der Waals surface area (Å²) < 4.78 is 4.83. The highest BCUT2D eigenvalue weighted by molar-refractivity contribution is 8.02. The monoisotopic (exact) mass is 515 g/mol. The number of ether oxygens (including phenoxy) is 1. The van der Waals surface area contributed by atoms with Crippen LogP contribution in [0.25, 0.3) is 0 Å². The van der Waals surface area contributed by atoms with Crippen LogP contribution in [0.15, 0.2) is 24.3 Å². The molecule has 4 aliphatic rings. The number of β-amino-alcohol motifs (C(OH)–C–C–N with tert-alkyl or cyclic N) is 1. The maximum absolute atomic E-state index is 13.8. The largest absolute Gasteiger partial charge is 0.494 e. The summed E-state index contributed by atoms with van der Waals surface area (Å²) in [6, 6.07) is 6.69. The van der Waals surface area contributed by atoms with Gasteiger partial charge in [0.15, 0.2) is 0 Å². The van der Waals surface area contributed by atoms with Gasteiger partial charge >= 0.3 is 0 Å². The fourth-order valence-corrected chi connectivity index (χ4v) is 9.44. The average molecular weight is 516 g/mol. The van der Waals surface area contributed by atoms with E-state index in [0.29, 0.717) is 12.3 Å². The van der Waals surface area contributed by atoms with Crippen LogP contribution < -0.4 is 15.4 Å². The number of anilines is 1. The Morgan fingerprint density at radius 1 is 1.17 bits per heavy atom. The molecule has 196 valence electrons. The number of benzene rings is 1. The van der Waals surface area contributed by atoms with Crippen molar-refractivity contribution in [3.8, 4) is 5.75 Å². The summed E-state index contributed by atoms with van der Waals surface area (Å²) in [4.78, 5) is 42.7. The maximum Gasteiger partial charge on any atom is 0.244 e. The van der Waals surface area contributed by atoms with Gasteiger partial charge in [-0.3, -0.25) is 14.4 Å². The van der Waals surface area contributed by atoms with Gasteiger partial charge in [-0.05, 0) is 56.4 Å². The Morgan fingerprint density at radius 3 is 2.56 bits per heavy atom. The second-order valence-corrected chi connectivity index (χ2v) is 12.1. The minimum atomic E-state index is -0.669. The molecule has 3 amide bonds. The van der Waals surface area contributed by atoms with Crippen LogP contribution in [0.5, 0.6) is 5.75 Å². The number of hydrogen-bond donors (Lipinski definition) is 3. The van der Waals surface area contributed by atoms with Crippen molar-refractivity contribution in [2.24, 2.45) is 17.8 Å². The van der Waals surface area contributed by atoms with Gasteiger partial charge in [-0.25, -0.2) is 0 Å². The Kier molecular flexibility index (Phi) is 7.23. The zero-order valence-electron chi connectivity index (χ0n) is 21.1. The van der Waals surface area contributed by atoms with Crippen LogP contribution in [0, 0.1) is 17.8 Å². The zero-order chi connectivity index (χ0) is 25.4. The number of likely N-dealkylation sites (tertiary alicyclic amines) is 1. The van der Waals surface area contributed by atoms with Gasteiger partial charge < -0.3 is 25.4 Å². The number of hydrogen-bond acceptors (Lipinski definition) is 6. The Bertz CT molecular complexity index is 998. The molecule has 4 fully saturated rings. The minimum Gasteiger partial charge on any atom is -0.494 e. The van der Waals surface area contributed by atoms with Crippen molar-refractivity contribution in [3.05, 3.63) is 24.3 Å². The van der Waals surface area contributed by atoms with Crippen LogP contribution in [-0.4, -0.2) is 69.6 Å². The van der Waals surface area contributed by atoms with Crippen molar-refractivity contribution in [1.29, 1.82) is 0 Å². The summed E-state index contributed by atoms with van der Waals surface area (Å²) in [6.07, 6.45) is 6.10. The molecule has 3 heterocycles. The van der Waals surface area contributed by atoms with Crippen molar-refractivity contribution < 1.29 is 24.2 Å². The van der Waals surface area contributed by atoms with Gasteiger partial charge in [0.1, 0.15) is 11.8 Å². The normalized spacial score (nSPS) is 33.5. The lowest BCUT2D eigenvalue weighted by molar-refractivity contribution is -0.139. The number of nitrogens with zero attached hydrogens (tertiary/aromatic N) is 1. The Hall–Kier alpha value is -2.26. The molecule has 3 unspecified atom stereocenters. The van der Waals surface area contributed by atoms with Crippen molar-refractivity contribution in [3.63, 3.8) is 0 Å². The van der Waals surface area contributed by atoms with Crippen molar-refractivity contribution in [2.75, 3.05) is 25.1 Å². The molecule has 1 aromatic rings. The van der Waals surface area contributed by atoms with E-state index in [9.17, 15) is 19.5 Å². The molecule has 1 aromatic carbocycles. The van der Waals surface area contributed by atoms with Crippen molar-refractivity contribution >= 4 is 35.2 Å². The Labute approximate surface area is 216 Å².